The van der Waals surface area contributed by atoms with Crippen molar-refractivity contribution in [1.29, 1.82) is 0 Å². The lowest BCUT2D eigenvalue weighted by Crippen LogP contribution is -2.33. The number of carbonyl (C=O) groups is 1. The molecule has 0 aliphatic carbocycles. The molecule has 1 aliphatic heterocycles. The molecule has 1 N–H and O–H groups in total. The molecule has 1 aromatic rings. The van der Waals surface area contributed by atoms with Crippen molar-refractivity contribution in [2.24, 2.45) is 0 Å². The minimum absolute atomic E-state index is 0.152. The maximum atomic E-state index is 11.3. The number of hydrogen-bond donors (Lipinski definition) is 1. The number of benzene rings is 1. The minimum atomic E-state index is -0.996. The summed E-state index contributed by atoms with van der Waals surface area (Å²) in [5.74, 6) is -0.163. The Morgan fingerprint density at radius 3 is 2.67 bits per heavy atom. The molecule has 0 aromatic heterocycles. The van der Waals surface area contributed by atoms with Gasteiger partial charge in [0.05, 0.1) is 6.61 Å². The second kappa shape index (κ2) is 7.88. The maximum absolute atomic E-state index is 11.3. The molecular formula is C16H23NO4. The molecule has 5 heteroatoms. The summed E-state index contributed by atoms with van der Waals surface area (Å²) in [6.45, 7) is 5.84. The molecule has 21 heavy (non-hydrogen) atoms. The number of piperidine rings is 1. The molecule has 1 fully saturated rings. The molecule has 5 nitrogen and oxygen atoms in total. The Kier molecular flexibility index (Phi) is 5.87. The van der Waals surface area contributed by atoms with Gasteiger partial charge in [0.15, 0.2) is 11.5 Å². The third-order valence-corrected chi connectivity index (χ3v) is 3.61. The van der Waals surface area contributed by atoms with Crippen molar-refractivity contribution in [3.8, 4) is 11.5 Å². The Morgan fingerprint density at radius 2 is 2.00 bits per heavy atom. The number of para-hydroxylation sites is 1. The van der Waals surface area contributed by atoms with Crippen molar-refractivity contribution in [3.63, 3.8) is 0 Å². The topological polar surface area (TPSA) is 59.0 Å². The summed E-state index contributed by atoms with van der Waals surface area (Å²) in [6, 6.07) is 4.96. The fourth-order valence-electron chi connectivity index (χ4n) is 2.56. The van der Waals surface area contributed by atoms with Crippen LogP contribution in [-0.4, -0.2) is 48.8 Å². The molecule has 116 valence electrons. The van der Waals surface area contributed by atoms with Gasteiger partial charge in [-0.2, -0.15) is 0 Å². The van der Waals surface area contributed by atoms with Crippen LogP contribution in [-0.2, 0) is 0 Å². The highest BCUT2D eigenvalue weighted by atomic mass is 16.5. The number of carboxylic acid groups (broad SMARTS) is 1. The second-order valence-corrected chi connectivity index (χ2v) is 5.12. The van der Waals surface area contributed by atoms with Crippen molar-refractivity contribution >= 4 is 5.97 Å². The van der Waals surface area contributed by atoms with Crippen LogP contribution in [0.2, 0.25) is 0 Å². The van der Waals surface area contributed by atoms with Crippen LogP contribution in [0.4, 0.5) is 0 Å². The van der Waals surface area contributed by atoms with Gasteiger partial charge in [-0.25, -0.2) is 4.79 Å². The van der Waals surface area contributed by atoms with E-state index < -0.39 is 5.97 Å². The highest BCUT2D eigenvalue weighted by Gasteiger charge is 2.17. The van der Waals surface area contributed by atoms with Gasteiger partial charge in [0.1, 0.15) is 12.2 Å². The molecule has 0 atom stereocenters. The van der Waals surface area contributed by atoms with E-state index in [4.69, 9.17) is 9.47 Å². The minimum Gasteiger partial charge on any atom is -0.490 e. The van der Waals surface area contributed by atoms with Crippen molar-refractivity contribution in [2.45, 2.75) is 26.2 Å². The lowest BCUT2D eigenvalue weighted by Gasteiger charge is -2.26. The molecule has 1 aromatic carbocycles. The van der Waals surface area contributed by atoms with E-state index in [0.29, 0.717) is 24.7 Å². The van der Waals surface area contributed by atoms with Crippen LogP contribution in [0.1, 0.15) is 36.5 Å². The average molecular weight is 293 g/mol. The Bertz CT molecular complexity index is 469. The molecule has 2 rings (SSSR count). The summed E-state index contributed by atoms with van der Waals surface area (Å²) in [5.41, 5.74) is 0.152. The van der Waals surface area contributed by atoms with Gasteiger partial charge in [-0.3, -0.25) is 4.90 Å². The van der Waals surface area contributed by atoms with E-state index in [1.807, 2.05) is 6.92 Å². The smallest absolute Gasteiger partial charge is 0.339 e. The first-order valence-electron chi connectivity index (χ1n) is 7.56. The van der Waals surface area contributed by atoms with Crippen LogP contribution in [0.5, 0.6) is 11.5 Å². The van der Waals surface area contributed by atoms with Gasteiger partial charge >= 0.3 is 5.97 Å². The Labute approximate surface area is 125 Å². The van der Waals surface area contributed by atoms with Crippen LogP contribution < -0.4 is 9.47 Å². The van der Waals surface area contributed by atoms with E-state index in [1.165, 1.54) is 19.3 Å². The van der Waals surface area contributed by atoms with E-state index in [-0.39, 0.29) is 5.56 Å². The number of nitrogens with zero attached hydrogens (tertiary/aromatic N) is 1. The molecule has 0 radical (unpaired) electrons. The monoisotopic (exact) mass is 293 g/mol. The lowest BCUT2D eigenvalue weighted by atomic mass is 10.1. The van der Waals surface area contributed by atoms with Gasteiger partial charge < -0.3 is 14.6 Å². The Balaban J connectivity index is 2.00. The number of carboxylic acids is 1. The second-order valence-electron chi connectivity index (χ2n) is 5.12. The van der Waals surface area contributed by atoms with Gasteiger partial charge in [-0.1, -0.05) is 12.5 Å². The van der Waals surface area contributed by atoms with Gasteiger partial charge in [-0.15, -0.1) is 0 Å². The lowest BCUT2D eigenvalue weighted by molar-refractivity contribution is 0.0690. The zero-order valence-corrected chi connectivity index (χ0v) is 12.5. The van der Waals surface area contributed by atoms with Crippen molar-refractivity contribution in [1.82, 2.24) is 4.90 Å². The molecule has 0 spiro atoms. The van der Waals surface area contributed by atoms with Crippen molar-refractivity contribution in [3.05, 3.63) is 23.8 Å². The largest absolute Gasteiger partial charge is 0.490 e. The van der Waals surface area contributed by atoms with Crippen LogP contribution in [0.15, 0.2) is 18.2 Å². The first-order valence-corrected chi connectivity index (χ1v) is 7.56. The Morgan fingerprint density at radius 1 is 1.24 bits per heavy atom. The fraction of sp³-hybridized carbons (Fsp3) is 0.562. The van der Waals surface area contributed by atoms with Gasteiger partial charge in [0.2, 0.25) is 0 Å². The third-order valence-electron chi connectivity index (χ3n) is 3.61. The van der Waals surface area contributed by atoms with Gasteiger partial charge in [0.25, 0.3) is 0 Å². The molecule has 1 aliphatic rings. The van der Waals surface area contributed by atoms with E-state index in [9.17, 15) is 9.90 Å². The number of ether oxygens (including phenoxy) is 2. The van der Waals surface area contributed by atoms with Crippen LogP contribution >= 0.6 is 0 Å². The van der Waals surface area contributed by atoms with Crippen molar-refractivity contribution in [2.75, 3.05) is 32.8 Å². The standard InChI is InChI=1S/C16H23NO4/c1-2-20-14-8-6-7-13(16(18)19)15(14)21-12-11-17-9-4-3-5-10-17/h6-8H,2-5,9-12H2,1H3,(H,18,19). The van der Waals surface area contributed by atoms with Gasteiger partial charge in [-0.05, 0) is 45.0 Å². The summed E-state index contributed by atoms with van der Waals surface area (Å²) in [4.78, 5) is 13.7. The molecule has 1 heterocycles. The summed E-state index contributed by atoms with van der Waals surface area (Å²) >= 11 is 0. The SMILES string of the molecule is CCOc1cccc(C(=O)O)c1OCCN1CCCCC1. The first-order chi connectivity index (χ1) is 10.2. The molecule has 0 amide bonds. The van der Waals surface area contributed by atoms with Gasteiger partial charge in [0, 0.05) is 6.54 Å². The number of rotatable bonds is 7. The highest BCUT2D eigenvalue weighted by molar-refractivity contribution is 5.92. The summed E-state index contributed by atoms with van der Waals surface area (Å²) in [6.07, 6.45) is 3.76. The molecule has 0 bridgehead atoms. The van der Waals surface area contributed by atoms with E-state index in [1.54, 1.807) is 18.2 Å². The third kappa shape index (κ3) is 4.36. The summed E-state index contributed by atoms with van der Waals surface area (Å²) in [7, 11) is 0. The van der Waals surface area contributed by atoms with E-state index in [2.05, 4.69) is 4.90 Å². The van der Waals surface area contributed by atoms with Crippen molar-refractivity contribution < 1.29 is 19.4 Å². The highest BCUT2D eigenvalue weighted by Crippen LogP contribution is 2.31. The zero-order chi connectivity index (χ0) is 15.1. The number of aromatic carboxylic acids is 1. The first kappa shape index (κ1) is 15.6. The number of hydrogen-bond acceptors (Lipinski definition) is 4. The van der Waals surface area contributed by atoms with Crippen LogP contribution in [0.3, 0.4) is 0 Å². The summed E-state index contributed by atoms with van der Waals surface area (Å²) in [5, 5.41) is 9.26. The summed E-state index contributed by atoms with van der Waals surface area (Å²) < 4.78 is 11.2. The number of likely N-dealkylation sites (tertiary alicyclic amines) is 1. The quantitative estimate of drug-likeness (QED) is 0.837. The fourth-order valence-corrected chi connectivity index (χ4v) is 2.56. The van der Waals surface area contributed by atoms with Crippen LogP contribution in [0.25, 0.3) is 0 Å². The van der Waals surface area contributed by atoms with E-state index in [0.717, 1.165) is 19.6 Å². The van der Waals surface area contributed by atoms with E-state index >= 15 is 0 Å². The molecule has 1 saturated heterocycles. The molecule has 0 saturated carbocycles. The zero-order valence-electron chi connectivity index (χ0n) is 12.5. The molecular weight excluding hydrogens is 270 g/mol. The maximum Gasteiger partial charge on any atom is 0.339 e. The molecule has 0 unspecified atom stereocenters. The predicted octanol–water partition coefficient (Wildman–Crippen LogP) is 2.65. The predicted molar refractivity (Wildman–Crippen MR) is 80.4 cm³/mol. The normalized spacial score (nSPS) is 15.7. The van der Waals surface area contributed by atoms with Crippen LogP contribution in [0, 0.1) is 0 Å². The Hall–Kier alpha value is -1.75. The average Bonchev–Trinajstić information content (AvgIpc) is 2.49.